The Bertz CT molecular complexity index is 907. The highest BCUT2D eigenvalue weighted by atomic mass is 16.2. The molecule has 8 heteroatoms. The first-order chi connectivity index (χ1) is 13.4. The van der Waals surface area contributed by atoms with Crippen molar-refractivity contribution in [3.8, 4) is 0 Å². The Kier molecular flexibility index (Phi) is 4.78. The smallest absolute Gasteiger partial charge is 0.228 e. The van der Waals surface area contributed by atoms with Crippen molar-refractivity contribution in [1.29, 1.82) is 0 Å². The third-order valence-electron chi connectivity index (χ3n) is 5.67. The number of likely N-dealkylation sites (tertiary alicyclic amines) is 1. The van der Waals surface area contributed by atoms with E-state index in [0.29, 0.717) is 26.1 Å². The Hall–Kier alpha value is -2.90. The zero-order valence-electron chi connectivity index (χ0n) is 16.6. The number of nitrogens with zero attached hydrogens (tertiary/aromatic N) is 6. The van der Waals surface area contributed by atoms with E-state index in [1.807, 2.05) is 30.0 Å². The summed E-state index contributed by atoms with van der Waals surface area (Å²) in [6, 6.07) is 6.24. The minimum absolute atomic E-state index is 0.0621. The topological polar surface area (TPSA) is 72.9 Å². The van der Waals surface area contributed by atoms with Crippen molar-refractivity contribution in [2.45, 2.75) is 6.42 Å². The molecule has 2 amide bonds. The predicted molar refractivity (Wildman–Crippen MR) is 108 cm³/mol. The molecule has 4 rings (SSSR count). The summed E-state index contributed by atoms with van der Waals surface area (Å²) in [5.41, 5.74) is 2.04. The first-order valence-electron chi connectivity index (χ1n) is 9.64. The number of hydrogen-bond acceptors (Lipinski definition) is 6. The van der Waals surface area contributed by atoms with Gasteiger partial charge in [0, 0.05) is 71.4 Å². The number of carbonyl (C=O) groups excluding carboxylic acids is 2. The van der Waals surface area contributed by atoms with E-state index in [4.69, 9.17) is 0 Å². The van der Waals surface area contributed by atoms with Crippen LogP contribution in [0.15, 0.2) is 24.5 Å². The number of fused-ring (bicyclic) bond motifs is 1. The number of piperazine rings is 1. The van der Waals surface area contributed by atoms with Crippen LogP contribution in [0.2, 0.25) is 0 Å². The minimum Gasteiger partial charge on any atom is -0.368 e. The van der Waals surface area contributed by atoms with Crippen LogP contribution in [0, 0.1) is 5.92 Å². The lowest BCUT2D eigenvalue weighted by Gasteiger charge is -2.37. The van der Waals surface area contributed by atoms with Crippen molar-refractivity contribution in [1.82, 2.24) is 19.8 Å². The second-order valence-electron chi connectivity index (χ2n) is 7.78. The zero-order valence-corrected chi connectivity index (χ0v) is 16.6. The SMILES string of the molecule is CN1CC(C(=O)N2CCN(c3ccc4ncnc(N(C)C)c4c3)CC2)CC1=O. The van der Waals surface area contributed by atoms with Crippen molar-refractivity contribution in [3.63, 3.8) is 0 Å². The van der Waals surface area contributed by atoms with E-state index >= 15 is 0 Å². The van der Waals surface area contributed by atoms with Gasteiger partial charge in [-0.1, -0.05) is 0 Å². The van der Waals surface area contributed by atoms with Crippen LogP contribution in [0.1, 0.15) is 6.42 Å². The van der Waals surface area contributed by atoms with Gasteiger partial charge >= 0.3 is 0 Å². The third-order valence-corrected chi connectivity index (χ3v) is 5.67. The van der Waals surface area contributed by atoms with Gasteiger partial charge in [0.05, 0.1) is 11.4 Å². The Morgan fingerprint density at radius 3 is 2.54 bits per heavy atom. The van der Waals surface area contributed by atoms with Gasteiger partial charge in [-0.15, -0.1) is 0 Å². The molecule has 1 unspecified atom stereocenters. The summed E-state index contributed by atoms with van der Waals surface area (Å²) in [6.45, 7) is 3.45. The van der Waals surface area contributed by atoms with Gasteiger partial charge in [-0.25, -0.2) is 9.97 Å². The van der Waals surface area contributed by atoms with Gasteiger partial charge in [-0.3, -0.25) is 9.59 Å². The van der Waals surface area contributed by atoms with Gasteiger partial charge in [0.15, 0.2) is 0 Å². The van der Waals surface area contributed by atoms with Crippen LogP contribution in [-0.4, -0.2) is 85.4 Å². The Morgan fingerprint density at radius 2 is 1.89 bits per heavy atom. The average molecular weight is 382 g/mol. The van der Waals surface area contributed by atoms with Crippen LogP contribution < -0.4 is 9.80 Å². The lowest BCUT2D eigenvalue weighted by Crippen LogP contribution is -2.50. The molecule has 2 saturated heterocycles. The zero-order chi connectivity index (χ0) is 19.8. The monoisotopic (exact) mass is 382 g/mol. The van der Waals surface area contributed by atoms with Gasteiger partial charge in [-0.2, -0.15) is 0 Å². The molecule has 2 aliphatic heterocycles. The molecule has 1 atom stereocenters. The normalized spacial score (nSPS) is 20.2. The lowest BCUT2D eigenvalue weighted by atomic mass is 10.1. The van der Waals surface area contributed by atoms with E-state index in [1.54, 1.807) is 18.3 Å². The largest absolute Gasteiger partial charge is 0.368 e. The maximum absolute atomic E-state index is 12.7. The standard InChI is InChI=1S/C20H26N6O2/c1-23(2)19-16-11-15(4-5-17(16)21-13-22-19)25-6-8-26(9-7-25)20(28)14-10-18(27)24(3)12-14/h4-5,11,13-14H,6-10,12H2,1-3H3. The molecule has 8 nitrogen and oxygen atoms in total. The summed E-state index contributed by atoms with van der Waals surface area (Å²) in [7, 11) is 5.72. The molecule has 3 heterocycles. The van der Waals surface area contributed by atoms with Crippen molar-refractivity contribution >= 4 is 34.2 Å². The molecule has 2 fully saturated rings. The lowest BCUT2D eigenvalue weighted by molar-refractivity contribution is -0.136. The van der Waals surface area contributed by atoms with Crippen LogP contribution in [0.4, 0.5) is 11.5 Å². The van der Waals surface area contributed by atoms with Crippen molar-refractivity contribution in [2.24, 2.45) is 5.92 Å². The summed E-state index contributed by atoms with van der Waals surface area (Å²) in [6.07, 6.45) is 1.93. The molecule has 0 spiro atoms. The maximum atomic E-state index is 12.7. The first-order valence-corrected chi connectivity index (χ1v) is 9.64. The molecule has 1 aromatic heterocycles. The maximum Gasteiger partial charge on any atom is 0.228 e. The summed E-state index contributed by atoms with van der Waals surface area (Å²) in [5, 5.41) is 1.02. The fourth-order valence-electron chi connectivity index (χ4n) is 4.06. The molecule has 0 radical (unpaired) electrons. The van der Waals surface area contributed by atoms with Crippen LogP contribution in [0.5, 0.6) is 0 Å². The number of anilines is 2. The van der Waals surface area contributed by atoms with E-state index in [1.165, 1.54) is 0 Å². The number of rotatable bonds is 3. The number of hydrogen-bond donors (Lipinski definition) is 0. The van der Waals surface area contributed by atoms with Gasteiger partial charge in [-0.05, 0) is 18.2 Å². The Labute approximate surface area is 164 Å². The van der Waals surface area contributed by atoms with Crippen LogP contribution in [-0.2, 0) is 9.59 Å². The fraction of sp³-hybridized carbons (Fsp3) is 0.500. The Balaban J connectivity index is 1.46. The van der Waals surface area contributed by atoms with E-state index < -0.39 is 0 Å². The van der Waals surface area contributed by atoms with Crippen molar-refractivity contribution in [3.05, 3.63) is 24.5 Å². The highest BCUT2D eigenvalue weighted by molar-refractivity contribution is 5.92. The summed E-state index contributed by atoms with van der Waals surface area (Å²) in [4.78, 5) is 41.1. The predicted octanol–water partition coefficient (Wildman–Crippen LogP) is 0.823. The molecule has 148 valence electrons. The number of amides is 2. The second-order valence-corrected chi connectivity index (χ2v) is 7.78. The first kappa shape index (κ1) is 18.5. The molecule has 2 aromatic rings. The third kappa shape index (κ3) is 3.34. The fourth-order valence-corrected chi connectivity index (χ4v) is 4.06. The average Bonchev–Trinajstić information content (AvgIpc) is 3.05. The number of carbonyl (C=O) groups is 2. The van der Waals surface area contributed by atoms with E-state index in [2.05, 4.69) is 27.0 Å². The molecular weight excluding hydrogens is 356 g/mol. The minimum atomic E-state index is -0.190. The highest BCUT2D eigenvalue weighted by Crippen LogP contribution is 2.27. The molecule has 1 aromatic carbocycles. The number of aromatic nitrogens is 2. The second kappa shape index (κ2) is 7.26. The summed E-state index contributed by atoms with van der Waals surface area (Å²) >= 11 is 0. The highest BCUT2D eigenvalue weighted by Gasteiger charge is 2.35. The molecule has 0 N–H and O–H groups in total. The van der Waals surface area contributed by atoms with E-state index in [0.717, 1.165) is 35.5 Å². The number of benzene rings is 1. The van der Waals surface area contributed by atoms with Gasteiger partial charge in [0.25, 0.3) is 0 Å². The molecule has 0 bridgehead atoms. The van der Waals surface area contributed by atoms with Gasteiger partial charge < -0.3 is 19.6 Å². The summed E-state index contributed by atoms with van der Waals surface area (Å²) in [5.74, 6) is 0.881. The van der Waals surface area contributed by atoms with Crippen molar-refractivity contribution < 1.29 is 9.59 Å². The van der Waals surface area contributed by atoms with Gasteiger partial charge in [0.2, 0.25) is 11.8 Å². The quantitative estimate of drug-likeness (QED) is 0.783. The van der Waals surface area contributed by atoms with Crippen LogP contribution in [0.25, 0.3) is 10.9 Å². The summed E-state index contributed by atoms with van der Waals surface area (Å²) < 4.78 is 0. The molecule has 28 heavy (non-hydrogen) atoms. The van der Waals surface area contributed by atoms with Crippen LogP contribution in [0.3, 0.4) is 0 Å². The van der Waals surface area contributed by atoms with Gasteiger partial charge in [0.1, 0.15) is 12.1 Å². The van der Waals surface area contributed by atoms with Crippen molar-refractivity contribution in [2.75, 3.05) is 63.7 Å². The van der Waals surface area contributed by atoms with Crippen LogP contribution >= 0.6 is 0 Å². The molecule has 2 aliphatic rings. The Morgan fingerprint density at radius 1 is 1.14 bits per heavy atom. The van der Waals surface area contributed by atoms with E-state index in [-0.39, 0.29) is 17.7 Å². The molecular formula is C20H26N6O2. The van der Waals surface area contributed by atoms with E-state index in [9.17, 15) is 9.59 Å². The molecule has 0 saturated carbocycles. The molecule has 0 aliphatic carbocycles.